The fourth-order valence-corrected chi connectivity index (χ4v) is 4.04. The summed E-state index contributed by atoms with van der Waals surface area (Å²) in [5.41, 5.74) is 7.93. The van der Waals surface area contributed by atoms with Crippen molar-refractivity contribution in [1.29, 1.82) is 0 Å². The molecule has 0 radical (unpaired) electrons. The summed E-state index contributed by atoms with van der Waals surface area (Å²) in [5, 5.41) is 2.92. The Hall–Kier alpha value is -2.77. The number of benzene rings is 2. The number of hydrogen-bond acceptors (Lipinski definition) is 4. The van der Waals surface area contributed by atoms with Gasteiger partial charge < -0.3 is 10.2 Å². The Kier molecular flexibility index (Phi) is 5.87. The average Bonchev–Trinajstić information content (AvgIpc) is 3.40. The van der Waals surface area contributed by atoms with Crippen molar-refractivity contribution in [3.05, 3.63) is 66.0 Å². The molecular formula is C22H25FN4O2. The summed E-state index contributed by atoms with van der Waals surface area (Å²) >= 11 is 0. The third-order valence-electron chi connectivity index (χ3n) is 5.71. The summed E-state index contributed by atoms with van der Waals surface area (Å²) in [5.74, 6) is -0.000772. The van der Waals surface area contributed by atoms with Gasteiger partial charge in [-0.25, -0.2) is 9.82 Å². The largest absolute Gasteiger partial charge is 0.342 e. The lowest BCUT2D eigenvalue weighted by atomic mass is 9.95. The standard InChI is InChI=1S/C22H25FN4O2/c23-17-8-6-15(7-9-17)12-21(28)27-11-10-16(14-27)19-13-20(26-25-19)22(29)24-18-4-2-1-3-5-18/h1-9,16,19-20,25-26H,10-14H2,(H,24,29). The molecule has 2 heterocycles. The van der Waals surface area contributed by atoms with Crippen LogP contribution in [0.3, 0.4) is 0 Å². The molecular weight excluding hydrogens is 371 g/mol. The summed E-state index contributed by atoms with van der Waals surface area (Å²) in [4.78, 5) is 26.9. The van der Waals surface area contributed by atoms with E-state index in [2.05, 4.69) is 16.2 Å². The molecule has 0 saturated carbocycles. The number of carbonyl (C=O) groups is 2. The smallest absolute Gasteiger partial charge is 0.242 e. The fourth-order valence-electron chi connectivity index (χ4n) is 4.04. The Balaban J connectivity index is 1.26. The molecule has 0 aliphatic carbocycles. The highest BCUT2D eigenvalue weighted by molar-refractivity contribution is 5.95. The maximum atomic E-state index is 13.0. The Morgan fingerprint density at radius 1 is 1.07 bits per heavy atom. The summed E-state index contributed by atoms with van der Waals surface area (Å²) in [6.07, 6.45) is 1.87. The molecule has 3 atom stereocenters. The number of carbonyl (C=O) groups excluding carboxylic acids is 2. The van der Waals surface area contributed by atoms with Crippen LogP contribution in [-0.4, -0.2) is 41.9 Å². The first kappa shape index (κ1) is 19.5. The molecule has 4 rings (SSSR count). The van der Waals surface area contributed by atoms with E-state index in [1.54, 1.807) is 12.1 Å². The number of hydrazine groups is 1. The summed E-state index contributed by atoms with van der Waals surface area (Å²) in [7, 11) is 0. The quantitative estimate of drug-likeness (QED) is 0.724. The van der Waals surface area contributed by atoms with E-state index in [4.69, 9.17) is 0 Å². The number of hydrogen-bond donors (Lipinski definition) is 3. The van der Waals surface area contributed by atoms with E-state index >= 15 is 0 Å². The number of rotatable bonds is 5. The topological polar surface area (TPSA) is 73.5 Å². The molecule has 0 aromatic heterocycles. The van der Waals surface area contributed by atoms with Crippen molar-refractivity contribution in [2.24, 2.45) is 5.92 Å². The van der Waals surface area contributed by atoms with Gasteiger partial charge in [0.25, 0.3) is 0 Å². The van der Waals surface area contributed by atoms with E-state index < -0.39 is 0 Å². The van der Waals surface area contributed by atoms with E-state index in [1.807, 2.05) is 35.2 Å². The number of para-hydroxylation sites is 1. The predicted octanol–water partition coefficient (Wildman–Crippen LogP) is 2.09. The minimum absolute atomic E-state index is 0.0587. The first-order valence-corrected chi connectivity index (χ1v) is 9.97. The molecule has 152 valence electrons. The summed E-state index contributed by atoms with van der Waals surface area (Å²) in [6, 6.07) is 15.3. The number of halogens is 1. The SMILES string of the molecule is O=C(Nc1ccccc1)C1CC(C2CCN(C(=O)Cc3ccc(F)cc3)C2)NN1. The molecule has 2 amide bonds. The first-order valence-electron chi connectivity index (χ1n) is 9.97. The van der Waals surface area contributed by atoms with Crippen LogP contribution in [0.4, 0.5) is 10.1 Å². The minimum Gasteiger partial charge on any atom is -0.342 e. The maximum Gasteiger partial charge on any atom is 0.242 e. The Labute approximate surface area is 169 Å². The van der Waals surface area contributed by atoms with Crippen LogP contribution < -0.4 is 16.2 Å². The van der Waals surface area contributed by atoms with E-state index in [9.17, 15) is 14.0 Å². The normalized spacial score (nSPS) is 23.9. The van der Waals surface area contributed by atoms with Gasteiger partial charge in [-0.15, -0.1) is 0 Å². The van der Waals surface area contributed by atoms with Crippen LogP contribution in [-0.2, 0) is 16.0 Å². The first-order chi connectivity index (χ1) is 14.1. The molecule has 7 heteroatoms. The lowest BCUT2D eigenvalue weighted by Crippen LogP contribution is -2.41. The van der Waals surface area contributed by atoms with Crippen molar-refractivity contribution in [3.63, 3.8) is 0 Å². The summed E-state index contributed by atoms with van der Waals surface area (Å²) < 4.78 is 13.0. The zero-order valence-electron chi connectivity index (χ0n) is 16.1. The van der Waals surface area contributed by atoms with Gasteiger partial charge in [-0.05, 0) is 48.6 Å². The molecule has 2 aromatic rings. The fraction of sp³-hybridized carbons (Fsp3) is 0.364. The highest BCUT2D eigenvalue weighted by atomic mass is 19.1. The van der Waals surface area contributed by atoms with E-state index in [0.717, 1.165) is 17.7 Å². The molecule has 3 N–H and O–H groups in total. The van der Waals surface area contributed by atoms with Gasteiger partial charge in [-0.3, -0.25) is 15.0 Å². The van der Waals surface area contributed by atoms with Crippen LogP contribution in [0.25, 0.3) is 0 Å². The van der Waals surface area contributed by atoms with Gasteiger partial charge in [0.05, 0.1) is 6.42 Å². The number of nitrogens with zero attached hydrogens (tertiary/aromatic N) is 1. The molecule has 2 aliphatic heterocycles. The molecule has 3 unspecified atom stereocenters. The lowest BCUT2D eigenvalue weighted by molar-refractivity contribution is -0.129. The van der Waals surface area contributed by atoms with Gasteiger partial charge in [0, 0.05) is 24.8 Å². The van der Waals surface area contributed by atoms with Gasteiger partial charge in [0.1, 0.15) is 11.9 Å². The van der Waals surface area contributed by atoms with Crippen LogP contribution in [0.1, 0.15) is 18.4 Å². The van der Waals surface area contributed by atoms with Crippen LogP contribution in [0.15, 0.2) is 54.6 Å². The van der Waals surface area contributed by atoms with Crippen molar-refractivity contribution in [3.8, 4) is 0 Å². The minimum atomic E-state index is -0.302. The van der Waals surface area contributed by atoms with Crippen molar-refractivity contribution in [1.82, 2.24) is 15.8 Å². The van der Waals surface area contributed by atoms with E-state index in [1.165, 1.54) is 12.1 Å². The van der Waals surface area contributed by atoms with Gasteiger partial charge in [0.2, 0.25) is 11.8 Å². The van der Waals surface area contributed by atoms with Gasteiger partial charge in [-0.2, -0.15) is 0 Å². The third-order valence-corrected chi connectivity index (χ3v) is 5.71. The monoisotopic (exact) mass is 396 g/mol. The predicted molar refractivity (Wildman–Crippen MR) is 108 cm³/mol. The van der Waals surface area contributed by atoms with Crippen LogP contribution in [0, 0.1) is 11.7 Å². The zero-order chi connectivity index (χ0) is 20.2. The molecule has 0 bridgehead atoms. The highest BCUT2D eigenvalue weighted by Crippen LogP contribution is 2.25. The molecule has 6 nitrogen and oxygen atoms in total. The average molecular weight is 396 g/mol. The Bertz CT molecular complexity index is 859. The van der Waals surface area contributed by atoms with Crippen LogP contribution in [0.5, 0.6) is 0 Å². The maximum absolute atomic E-state index is 13.0. The number of anilines is 1. The third kappa shape index (κ3) is 4.81. The molecule has 2 fully saturated rings. The van der Waals surface area contributed by atoms with Gasteiger partial charge in [-0.1, -0.05) is 30.3 Å². The highest BCUT2D eigenvalue weighted by Gasteiger charge is 2.38. The van der Waals surface area contributed by atoms with Gasteiger partial charge >= 0.3 is 0 Å². The van der Waals surface area contributed by atoms with Crippen molar-refractivity contribution >= 4 is 17.5 Å². The van der Waals surface area contributed by atoms with Crippen molar-refractivity contribution < 1.29 is 14.0 Å². The number of nitrogens with one attached hydrogen (secondary N) is 3. The number of likely N-dealkylation sites (tertiary alicyclic amines) is 1. The van der Waals surface area contributed by atoms with Crippen molar-refractivity contribution in [2.75, 3.05) is 18.4 Å². The summed E-state index contributed by atoms with van der Waals surface area (Å²) in [6.45, 7) is 1.39. The molecule has 2 aliphatic rings. The zero-order valence-corrected chi connectivity index (χ0v) is 16.1. The van der Waals surface area contributed by atoms with Crippen molar-refractivity contribution in [2.45, 2.75) is 31.3 Å². The second-order valence-electron chi connectivity index (χ2n) is 7.73. The molecule has 2 saturated heterocycles. The second-order valence-corrected chi connectivity index (χ2v) is 7.73. The molecule has 2 aromatic carbocycles. The lowest BCUT2D eigenvalue weighted by Gasteiger charge is -2.20. The van der Waals surface area contributed by atoms with Gasteiger partial charge in [0.15, 0.2) is 0 Å². The van der Waals surface area contributed by atoms with Crippen LogP contribution >= 0.6 is 0 Å². The van der Waals surface area contributed by atoms with E-state index in [0.29, 0.717) is 25.4 Å². The Morgan fingerprint density at radius 2 is 1.83 bits per heavy atom. The van der Waals surface area contributed by atoms with Crippen LogP contribution in [0.2, 0.25) is 0 Å². The second kappa shape index (κ2) is 8.71. The molecule has 0 spiro atoms. The number of amides is 2. The Morgan fingerprint density at radius 3 is 2.59 bits per heavy atom. The van der Waals surface area contributed by atoms with E-state index in [-0.39, 0.29) is 36.1 Å². The molecule has 29 heavy (non-hydrogen) atoms.